The summed E-state index contributed by atoms with van der Waals surface area (Å²) in [6.07, 6.45) is 2.48. The van der Waals surface area contributed by atoms with Crippen LogP contribution >= 0.6 is 46.4 Å². The number of rotatable bonds is 5. The highest BCUT2D eigenvalue weighted by Crippen LogP contribution is 2.27. The standard InChI is InChI=1S/C12H7Cl2N3O4.C6H5ClN2O2.C6H4ClNO3/c13-6-3-8(11(18)15-5-6)12(19)16-10-2-1-7(17(20)21)4-9(10)14;7-5-3-4(9(10)11)1-2-6(5)8;7-3-1-4(6(10)11)5(9)8-2-3/h1-5H,(H,15,18)(H,16,19);1-3H,8H2;1-2H,(H,8,9)(H,10,11). The van der Waals surface area contributed by atoms with Crippen molar-refractivity contribution in [2.75, 3.05) is 11.1 Å². The Bertz CT molecular complexity index is 1830. The van der Waals surface area contributed by atoms with Gasteiger partial charge in [-0.1, -0.05) is 46.4 Å². The SMILES string of the molecule is Nc1ccc([N+](=O)[O-])cc1Cl.O=C(Nc1ccc([N+](=O)[O-])cc1Cl)c1cc(Cl)c[nH]c1=O.O=C(O)c1cc(Cl)c[nH]c1=O. The number of nitrogens with two attached hydrogens (primary N) is 1. The number of carbonyl (C=O) groups is 2. The Morgan fingerprint density at radius 3 is 1.67 bits per heavy atom. The van der Waals surface area contributed by atoms with Gasteiger partial charge in [0, 0.05) is 36.7 Å². The molecule has 43 heavy (non-hydrogen) atoms. The third-order valence-corrected chi connectivity index (χ3v) is 5.89. The number of hydrogen-bond donors (Lipinski definition) is 5. The number of halogens is 4. The number of nitro groups is 2. The van der Waals surface area contributed by atoms with Gasteiger partial charge in [-0.15, -0.1) is 0 Å². The second kappa shape index (κ2) is 15.3. The lowest BCUT2D eigenvalue weighted by molar-refractivity contribution is -0.385. The first-order valence-corrected chi connectivity index (χ1v) is 12.6. The Labute approximate surface area is 259 Å². The van der Waals surface area contributed by atoms with Crippen LogP contribution in [0.25, 0.3) is 0 Å². The van der Waals surface area contributed by atoms with Crippen LogP contribution in [0.3, 0.4) is 0 Å². The zero-order valence-corrected chi connectivity index (χ0v) is 24.0. The molecule has 0 unspecified atom stereocenters. The van der Waals surface area contributed by atoms with Gasteiger partial charge < -0.3 is 26.1 Å². The molecule has 2 aromatic carbocycles. The number of nitro benzene ring substituents is 2. The van der Waals surface area contributed by atoms with Crippen LogP contribution in [0.1, 0.15) is 20.7 Å². The molecule has 15 nitrogen and oxygen atoms in total. The number of carboxylic acids is 1. The van der Waals surface area contributed by atoms with Gasteiger partial charge in [-0.05, 0) is 24.3 Å². The van der Waals surface area contributed by atoms with Crippen molar-refractivity contribution in [2.24, 2.45) is 0 Å². The maximum absolute atomic E-state index is 12.0. The molecule has 224 valence electrons. The number of benzene rings is 2. The van der Waals surface area contributed by atoms with E-state index in [1.807, 2.05) is 0 Å². The molecule has 2 aromatic heterocycles. The molecule has 0 atom stereocenters. The van der Waals surface area contributed by atoms with Crippen LogP contribution in [0.2, 0.25) is 20.1 Å². The molecular formula is C24H16Cl4N6O9. The van der Waals surface area contributed by atoms with Crippen molar-refractivity contribution in [3.63, 3.8) is 0 Å². The first kappa shape index (κ1) is 34.2. The zero-order valence-electron chi connectivity index (χ0n) is 21.0. The predicted molar refractivity (Wildman–Crippen MR) is 160 cm³/mol. The molecule has 0 fully saturated rings. The number of aromatic amines is 2. The minimum absolute atomic E-state index is 0.0176. The summed E-state index contributed by atoms with van der Waals surface area (Å²) in [7, 11) is 0. The summed E-state index contributed by atoms with van der Waals surface area (Å²) in [4.78, 5) is 68.6. The number of non-ortho nitro benzene ring substituents is 2. The number of carbonyl (C=O) groups excluding carboxylic acids is 1. The predicted octanol–water partition coefficient (Wildman–Crippen LogP) is 5.40. The van der Waals surface area contributed by atoms with E-state index >= 15 is 0 Å². The Hall–Kier alpha value is -4.96. The molecule has 1 amide bonds. The number of H-pyrrole nitrogens is 2. The molecule has 0 aliphatic rings. The highest BCUT2D eigenvalue weighted by Gasteiger charge is 2.15. The van der Waals surface area contributed by atoms with Crippen molar-refractivity contribution in [1.82, 2.24) is 9.97 Å². The molecule has 4 rings (SSSR count). The van der Waals surface area contributed by atoms with E-state index in [1.165, 1.54) is 48.8 Å². The largest absolute Gasteiger partial charge is 0.477 e. The van der Waals surface area contributed by atoms with Gasteiger partial charge in [0.1, 0.15) is 11.1 Å². The van der Waals surface area contributed by atoms with Gasteiger partial charge in [0.05, 0.1) is 41.3 Å². The lowest BCUT2D eigenvalue weighted by Gasteiger charge is -2.06. The number of carboxylic acid groups (broad SMARTS) is 1. The van der Waals surface area contributed by atoms with E-state index in [9.17, 15) is 39.4 Å². The Morgan fingerprint density at radius 1 is 0.767 bits per heavy atom. The van der Waals surface area contributed by atoms with Gasteiger partial charge in [0.2, 0.25) is 0 Å². The minimum atomic E-state index is -1.28. The monoisotopic (exact) mass is 672 g/mol. The van der Waals surface area contributed by atoms with Crippen molar-refractivity contribution in [3.8, 4) is 0 Å². The van der Waals surface area contributed by atoms with Crippen molar-refractivity contribution in [3.05, 3.63) is 133 Å². The summed E-state index contributed by atoms with van der Waals surface area (Å²) in [5.74, 6) is -2.01. The van der Waals surface area contributed by atoms with Crippen molar-refractivity contribution in [1.29, 1.82) is 0 Å². The van der Waals surface area contributed by atoms with Crippen LogP contribution in [-0.2, 0) is 0 Å². The molecule has 0 radical (unpaired) electrons. The molecular weight excluding hydrogens is 658 g/mol. The molecule has 0 saturated heterocycles. The van der Waals surface area contributed by atoms with Gasteiger partial charge >= 0.3 is 5.97 Å². The number of nitrogens with one attached hydrogen (secondary N) is 3. The van der Waals surface area contributed by atoms with E-state index in [0.29, 0.717) is 5.69 Å². The third kappa shape index (κ3) is 10.1. The van der Waals surface area contributed by atoms with Gasteiger partial charge in [-0.2, -0.15) is 0 Å². The fraction of sp³-hybridized carbons (Fsp3) is 0. The fourth-order valence-electron chi connectivity index (χ4n) is 2.78. The van der Waals surface area contributed by atoms with Gasteiger partial charge in [-0.25, -0.2) is 4.79 Å². The number of anilines is 2. The molecule has 2 heterocycles. The van der Waals surface area contributed by atoms with Crippen molar-refractivity contribution >= 4 is 81.0 Å². The van der Waals surface area contributed by atoms with Crippen LogP contribution in [0.5, 0.6) is 0 Å². The van der Waals surface area contributed by atoms with Gasteiger partial charge in [0.15, 0.2) is 0 Å². The Morgan fingerprint density at radius 2 is 1.23 bits per heavy atom. The van der Waals surface area contributed by atoms with E-state index in [-0.39, 0.29) is 48.3 Å². The number of hydrogen-bond acceptors (Lipinski definition) is 9. The number of aromatic carboxylic acids is 1. The smallest absolute Gasteiger partial charge is 0.341 e. The first-order valence-electron chi connectivity index (χ1n) is 11.0. The maximum atomic E-state index is 12.0. The Kier molecular flexibility index (Phi) is 12.2. The van der Waals surface area contributed by atoms with Crippen LogP contribution in [0.4, 0.5) is 22.7 Å². The Balaban J connectivity index is 0.000000247. The minimum Gasteiger partial charge on any atom is -0.477 e. The number of aromatic nitrogens is 2. The zero-order chi connectivity index (χ0) is 32.4. The van der Waals surface area contributed by atoms with Gasteiger partial charge in [0.25, 0.3) is 28.4 Å². The average Bonchev–Trinajstić information content (AvgIpc) is 2.94. The number of nitrogen functional groups attached to an aromatic ring is 1. The molecule has 6 N–H and O–H groups in total. The highest BCUT2D eigenvalue weighted by atomic mass is 35.5. The second-order valence-electron chi connectivity index (χ2n) is 7.76. The molecule has 0 bridgehead atoms. The fourth-order valence-corrected chi connectivity index (χ4v) is 3.50. The summed E-state index contributed by atoms with van der Waals surface area (Å²) in [5, 5.41) is 32.1. The van der Waals surface area contributed by atoms with E-state index in [0.717, 1.165) is 12.1 Å². The normalized spacial score (nSPS) is 9.86. The van der Waals surface area contributed by atoms with Crippen LogP contribution in [0, 0.1) is 20.2 Å². The quantitative estimate of drug-likeness (QED) is 0.102. The molecule has 0 saturated carbocycles. The summed E-state index contributed by atoms with van der Waals surface area (Å²) in [5.41, 5.74) is 3.75. The summed E-state index contributed by atoms with van der Waals surface area (Å²) in [6, 6.07) is 9.79. The molecule has 0 aliphatic carbocycles. The molecule has 0 spiro atoms. The second-order valence-corrected chi connectivity index (χ2v) is 9.45. The first-order chi connectivity index (χ1) is 20.1. The third-order valence-electron chi connectivity index (χ3n) is 4.82. The number of amides is 1. The molecule has 0 aliphatic heterocycles. The van der Waals surface area contributed by atoms with Crippen LogP contribution in [0.15, 0.2) is 70.5 Å². The topological polar surface area (TPSA) is 244 Å². The van der Waals surface area contributed by atoms with Crippen LogP contribution in [-0.4, -0.2) is 36.8 Å². The van der Waals surface area contributed by atoms with Crippen molar-refractivity contribution in [2.45, 2.75) is 0 Å². The highest BCUT2D eigenvalue weighted by molar-refractivity contribution is 6.34. The number of pyridine rings is 2. The summed E-state index contributed by atoms with van der Waals surface area (Å²) in [6.45, 7) is 0. The average molecular weight is 674 g/mol. The van der Waals surface area contributed by atoms with E-state index in [2.05, 4.69) is 15.3 Å². The van der Waals surface area contributed by atoms with E-state index in [1.54, 1.807) is 0 Å². The van der Waals surface area contributed by atoms with Gasteiger partial charge in [-0.3, -0.25) is 34.6 Å². The summed E-state index contributed by atoms with van der Waals surface area (Å²) < 4.78 is 0. The number of nitrogens with zero attached hydrogens (tertiary/aromatic N) is 2. The summed E-state index contributed by atoms with van der Waals surface area (Å²) >= 11 is 22.5. The molecule has 4 aromatic rings. The molecule has 19 heteroatoms. The van der Waals surface area contributed by atoms with E-state index in [4.69, 9.17) is 57.2 Å². The van der Waals surface area contributed by atoms with Crippen LogP contribution < -0.4 is 22.2 Å². The lowest BCUT2D eigenvalue weighted by Crippen LogP contribution is -2.22. The lowest BCUT2D eigenvalue weighted by atomic mass is 10.2. The maximum Gasteiger partial charge on any atom is 0.341 e. The van der Waals surface area contributed by atoms with E-state index < -0.39 is 32.8 Å². The van der Waals surface area contributed by atoms with Crippen molar-refractivity contribution < 1.29 is 24.5 Å².